The van der Waals surface area contributed by atoms with Gasteiger partial charge in [0.05, 0.1) is 0 Å². The van der Waals surface area contributed by atoms with Crippen molar-refractivity contribution in [2.45, 2.75) is 36.6 Å². The largest absolute Gasteiger partial charge is 0.479 e. The number of aliphatic hydroxyl groups is 6. The Bertz CT molecular complexity index is 1370. The van der Waals surface area contributed by atoms with Crippen molar-refractivity contribution in [2.75, 3.05) is 0 Å². The maximum absolute atomic E-state index is 12.1. The zero-order chi connectivity index (χ0) is 33.3. The summed E-state index contributed by atoms with van der Waals surface area (Å²) in [7, 11) is 0. The highest BCUT2D eigenvalue weighted by molar-refractivity contribution is 5.87. The quantitative estimate of drug-likeness (QED) is 0.0574. The van der Waals surface area contributed by atoms with Crippen molar-refractivity contribution in [3.05, 3.63) is 53.6 Å². The minimum atomic E-state index is -2.55. The van der Waals surface area contributed by atoms with Gasteiger partial charge >= 0.3 is 35.8 Å². The number of rotatable bonds is 14. The molecule has 2 rings (SSSR count). The number of aliphatic hydroxyl groups excluding tert-OH is 6. The van der Waals surface area contributed by atoms with Crippen molar-refractivity contribution in [3.8, 4) is 17.2 Å². The van der Waals surface area contributed by atoms with E-state index in [9.17, 15) is 59.4 Å². The Morgan fingerprint density at radius 3 is 1.11 bits per heavy atom. The molecule has 0 fully saturated rings. The number of carbonyl (C=O) groups excluding carboxylic acids is 3. The number of benzene rings is 2. The van der Waals surface area contributed by atoms with E-state index in [-0.39, 0.29) is 11.3 Å². The molecule has 0 aromatic heterocycles. The van der Waals surface area contributed by atoms with E-state index < -0.39 is 83.9 Å². The van der Waals surface area contributed by atoms with Crippen LogP contribution in [-0.2, 0) is 28.8 Å². The first-order valence-corrected chi connectivity index (χ1v) is 11.9. The molecule has 0 unspecified atom stereocenters. The minimum Gasteiger partial charge on any atom is -0.479 e. The predicted octanol–water partition coefficient (Wildman–Crippen LogP) is -3.01. The Labute approximate surface area is 244 Å². The smallest absolute Gasteiger partial charge is 0.343 e. The third-order valence-electron chi connectivity index (χ3n) is 5.29. The van der Waals surface area contributed by atoms with Gasteiger partial charge in [-0.1, -0.05) is 24.3 Å². The first-order valence-electron chi connectivity index (χ1n) is 11.9. The predicted molar refractivity (Wildman–Crippen MR) is 138 cm³/mol. The molecular formula is C26H24O18. The maximum Gasteiger partial charge on any atom is 0.343 e. The Morgan fingerprint density at radius 2 is 0.773 bits per heavy atom. The van der Waals surface area contributed by atoms with Crippen LogP contribution in [0.3, 0.4) is 0 Å². The monoisotopic (exact) mass is 624 g/mol. The molecule has 0 aliphatic rings. The summed E-state index contributed by atoms with van der Waals surface area (Å²) in [6.07, 6.45) is -12.2. The molecule has 44 heavy (non-hydrogen) atoms. The molecule has 0 amide bonds. The van der Waals surface area contributed by atoms with Crippen LogP contribution in [0.1, 0.15) is 11.1 Å². The van der Waals surface area contributed by atoms with Gasteiger partial charge in [0.1, 0.15) is 17.2 Å². The highest BCUT2D eigenvalue weighted by Gasteiger charge is 2.34. The van der Waals surface area contributed by atoms with Crippen LogP contribution >= 0.6 is 0 Å². The second kappa shape index (κ2) is 15.3. The molecule has 0 heterocycles. The molecule has 0 aliphatic heterocycles. The van der Waals surface area contributed by atoms with Gasteiger partial charge in [0, 0.05) is 6.07 Å². The average Bonchev–Trinajstić information content (AvgIpc) is 2.97. The van der Waals surface area contributed by atoms with E-state index in [1.54, 1.807) is 0 Å². The van der Waals surface area contributed by atoms with Crippen LogP contribution in [0.25, 0.3) is 12.2 Å². The lowest BCUT2D eigenvalue weighted by Crippen LogP contribution is -2.42. The van der Waals surface area contributed by atoms with Crippen LogP contribution in [0, 0.1) is 0 Å². The number of ether oxygens (including phenoxy) is 3. The second-order valence-electron chi connectivity index (χ2n) is 8.59. The molecule has 2 aromatic rings. The van der Waals surface area contributed by atoms with Crippen molar-refractivity contribution in [1.82, 2.24) is 0 Å². The number of hydrogen-bond donors (Lipinski definition) is 9. The lowest BCUT2D eigenvalue weighted by atomic mass is 10.1. The zero-order valence-corrected chi connectivity index (χ0v) is 21.9. The molecule has 0 bridgehead atoms. The molecule has 0 aliphatic carbocycles. The van der Waals surface area contributed by atoms with Gasteiger partial charge in [-0.2, -0.15) is 0 Å². The van der Waals surface area contributed by atoms with E-state index in [0.29, 0.717) is 5.56 Å². The van der Waals surface area contributed by atoms with E-state index in [1.807, 2.05) is 0 Å². The SMILES string of the molecule is O=C(O)[C@@H](O)[C@@H](O)C(=O)Oc1ccc(/C=C/c2cc(OC(=O)[C@H](O)[C@@H](O)C(=O)O)cc(OC(=O)[C@H](O)[C@@H](O)C(=O)O)c2)cc1. The van der Waals surface area contributed by atoms with Gasteiger partial charge in [0.25, 0.3) is 0 Å². The van der Waals surface area contributed by atoms with Crippen molar-refractivity contribution >= 4 is 48.0 Å². The summed E-state index contributed by atoms with van der Waals surface area (Å²) in [4.78, 5) is 68.4. The lowest BCUT2D eigenvalue weighted by molar-refractivity contribution is -0.164. The van der Waals surface area contributed by atoms with Crippen LogP contribution in [0.5, 0.6) is 17.2 Å². The van der Waals surface area contributed by atoms with Crippen molar-refractivity contribution < 1.29 is 88.9 Å². The average molecular weight is 624 g/mol. The number of aliphatic carboxylic acids is 3. The number of carboxylic acids is 3. The third kappa shape index (κ3) is 9.66. The van der Waals surface area contributed by atoms with Crippen LogP contribution in [0.15, 0.2) is 42.5 Å². The summed E-state index contributed by atoms with van der Waals surface area (Å²) in [6, 6.07) is 8.26. The Hall–Kier alpha value is -5.24. The van der Waals surface area contributed by atoms with E-state index >= 15 is 0 Å². The molecule has 0 spiro atoms. The number of hydrogen-bond acceptors (Lipinski definition) is 15. The van der Waals surface area contributed by atoms with Crippen LogP contribution in [0.2, 0.25) is 0 Å². The fourth-order valence-electron chi connectivity index (χ4n) is 2.97. The molecule has 9 N–H and O–H groups in total. The molecule has 2 aromatic carbocycles. The highest BCUT2D eigenvalue weighted by Crippen LogP contribution is 2.26. The fraction of sp³-hybridized carbons (Fsp3) is 0.231. The normalized spacial score (nSPS) is 15.2. The standard InChI is InChI=1S/C26H24O18/c27-15(21(33)34)18(30)24(39)42-12-5-3-10(4-6-12)1-2-11-7-13(43-25(40)19(31)16(28)22(35)36)9-14(8-11)44-26(41)20(32)17(29)23(37)38/h1-9,15-20,27-32H,(H,33,34)(H,35,36)(H,37,38)/b2-1+/t15-,16+,17+,18+,19+,20+/m0/s1. The first-order chi connectivity index (χ1) is 20.5. The second-order valence-corrected chi connectivity index (χ2v) is 8.59. The van der Waals surface area contributed by atoms with E-state index in [1.165, 1.54) is 36.4 Å². The molecule has 0 saturated carbocycles. The molecule has 18 nitrogen and oxygen atoms in total. The Morgan fingerprint density at radius 1 is 0.455 bits per heavy atom. The molecule has 6 atom stereocenters. The van der Waals surface area contributed by atoms with Gasteiger partial charge < -0.3 is 60.2 Å². The molecule has 18 heteroatoms. The minimum absolute atomic E-state index is 0.0703. The number of esters is 3. The number of carbonyl (C=O) groups is 6. The maximum atomic E-state index is 12.1. The summed E-state index contributed by atoms with van der Waals surface area (Å²) >= 11 is 0. The summed E-state index contributed by atoms with van der Waals surface area (Å²) in [6.45, 7) is 0. The topological polar surface area (TPSA) is 312 Å². The fourth-order valence-corrected chi connectivity index (χ4v) is 2.97. The van der Waals surface area contributed by atoms with Crippen LogP contribution in [0.4, 0.5) is 0 Å². The van der Waals surface area contributed by atoms with Gasteiger partial charge in [-0.25, -0.2) is 28.8 Å². The Balaban J connectivity index is 2.31. The summed E-state index contributed by atoms with van der Waals surface area (Å²) in [5, 5.41) is 83.1. The van der Waals surface area contributed by atoms with Gasteiger partial charge in [-0.15, -0.1) is 0 Å². The van der Waals surface area contributed by atoms with Gasteiger partial charge in [-0.3, -0.25) is 0 Å². The van der Waals surface area contributed by atoms with Crippen molar-refractivity contribution in [2.24, 2.45) is 0 Å². The van der Waals surface area contributed by atoms with Crippen molar-refractivity contribution in [3.63, 3.8) is 0 Å². The van der Waals surface area contributed by atoms with Gasteiger partial charge in [0.15, 0.2) is 36.6 Å². The van der Waals surface area contributed by atoms with Gasteiger partial charge in [-0.05, 0) is 35.4 Å². The van der Waals surface area contributed by atoms with Gasteiger partial charge in [0.2, 0.25) is 0 Å². The number of carboxylic acid groups (broad SMARTS) is 3. The van der Waals surface area contributed by atoms with Crippen LogP contribution < -0.4 is 14.2 Å². The highest BCUT2D eigenvalue weighted by atomic mass is 16.6. The Kier molecular flexibility index (Phi) is 12.2. The lowest BCUT2D eigenvalue weighted by Gasteiger charge is -2.15. The van der Waals surface area contributed by atoms with Crippen LogP contribution in [-0.4, -0.2) is 118 Å². The molecular weight excluding hydrogens is 600 g/mol. The summed E-state index contributed by atoms with van der Waals surface area (Å²) < 4.78 is 14.5. The molecule has 236 valence electrons. The van der Waals surface area contributed by atoms with E-state index in [2.05, 4.69) is 0 Å². The summed E-state index contributed by atoms with van der Waals surface area (Å²) in [5.41, 5.74) is 0.470. The molecule has 0 radical (unpaired) electrons. The third-order valence-corrected chi connectivity index (χ3v) is 5.29. The first kappa shape index (κ1) is 35.0. The zero-order valence-electron chi connectivity index (χ0n) is 21.9. The van der Waals surface area contributed by atoms with E-state index in [4.69, 9.17) is 29.5 Å². The summed E-state index contributed by atoms with van der Waals surface area (Å²) in [5.74, 6) is -11.6. The molecule has 0 saturated heterocycles. The van der Waals surface area contributed by atoms with Crippen molar-refractivity contribution in [1.29, 1.82) is 0 Å². The van der Waals surface area contributed by atoms with E-state index in [0.717, 1.165) is 18.2 Å².